The molecule has 1 saturated heterocycles. The van der Waals surface area contributed by atoms with Gasteiger partial charge in [0.1, 0.15) is 6.10 Å². The van der Waals surface area contributed by atoms with E-state index in [1.807, 2.05) is 23.1 Å². The second-order valence-corrected chi connectivity index (χ2v) is 12.7. The molecular weight excluding hydrogens is 290 g/mol. The van der Waals surface area contributed by atoms with Crippen molar-refractivity contribution in [2.45, 2.75) is 70.9 Å². The molecule has 0 bridgehead atoms. The summed E-state index contributed by atoms with van der Waals surface area (Å²) < 4.78 is 6.36. The Hall–Kier alpha value is -1.13. The summed E-state index contributed by atoms with van der Waals surface area (Å²) in [5.74, 6) is 0.154. The average molecular weight is 320 g/mol. The van der Waals surface area contributed by atoms with Crippen LogP contribution in [0.2, 0.25) is 18.1 Å². The van der Waals surface area contributed by atoms with Gasteiger partial charge in [-0.1, -0.05) is 51.1 Å². The number of amides is 1. The number of rotatable bonds is 4. The van der Waals surface area contributed by atoms with E-state index in [1.54, 1.807) is 0 Å². The monoisotopic (exact) mass is 319 g/mol. The van der Waals surface area contributed by atoms with E-state index in [2.05, 4.69) is 52.9 Å². The van der Waals surface area contributed by atoms with Crippen molar-refractivity contribution >= 4 is 14.2 Å². The Kier molecular flexibility index (Phi) is 4.83. The molecule has 1 aromatic carbocycles. The zero-order valence-electron chi connectivity index (χ0n) is 14.7. The Bertz CT molecular complexity index is 522. The maximum Gasteiger partial charge on any atom is 0.251 e. The molecule has 0 aliphatic carbocycles. The SMILES string of the molecule is C[C@H]1C[C@H](O[Si](C)(C)C(C)(C)C)C(=O)N1Cc1ccccc1. The molecule has 1 aliphatic rings. The minimum atomic E-state index is -1.91. The van der Waals surface area contributed by atoms with Gasteiger partial charge in [0.2, 0.25) is 0 Å². The molecule has 122 valence electrons. The Morgan fingerprint density at radius 2 is 1.82 bits per heavy atom. The highest BCUT2D eigenvalue weighted by molar-refractivity contribution is 6.74. The van der Waals surface area contributed by atoms with E-state index >= 15 is 0 Å². The standard InChI is InChI=1S/C18H29NO2Si/c1-14-12-16(21-22(5,6)18(2,3)4)17(20)19(14)13-15-10-8-7-9-11-15/h7-11,14,16H,12-13H2,1-6H3/t14-,16-/m0/s1. The lowest BCUT2D eigenvalue weighted by atomic mass is 10.2. The normalized spacial score (nSPS) is 23.2. The van der Waals surface area contributed by atoms with Crippen LogP contribution < -0.4 is 0 Å². The predicted molar refractivity (Wildman–Crippen MR) is 93.1 cm³/mol. The quantitative estimate of drug-likeness (QED) is 0.779. The highest BCUT2D eigenvalue weighted by atomic mass is 28.4. The molecule has 4 heteroatoms. The van der Waals surface area contributed by atoms with Gasteiger partial charge >= 0.3 is 0 Å². The zero-order chi connectivity index (χ0) is 16.5. The number of hydrogen-bond acceptors (Lipinski definition) is 2. The minimum absolute atomic E-state index is 0.128. The van der Waals surface area contributed by atoms with Crippen molar-refractivity contribution in [1.82, 2.24) is 4.90 Å². The molecule has 1 amide bonds. The van der Waals surface area contributed by atoms with Crippen molar-refractivity contribution in [3.63, 3.8) is 0 Å². The fraction of sp³-hybridized carbons (Fsp3) is 0.611. The Morgan fingerprint density at radius 3 is 2.36 bits per heavy atom. The van der Waals surface area contributed by atoms with Crippen LogP contribution in [0.3, 0.4) is 0 Å². The summed E-state index contributed by atoms with van der Waals surface area (Å²) in [7, 11) is -1.91. The maximum atomic E-state index is 12.7. The maximum absolute atomic E-state index is 12.7. The van der Waals surface area contributed by atoms with Gasteiger partial charge in [0.25, 0.3) is 5.91 Å². The second kappa shape index (κ2) is 6.17. The van der Waals surface area contributed by atoms with Gasteiger partial charge < -0.3 is 9.33 Å². The van der Waals surface area contributed by atoms with E-state index in [4.69, 9.17) is 4.43 Å². The topological polar surface area (TPSA) is 29.5 Å². The van der Waals surface area contributed by atoms with Gasteiger partial charge in [-0.2, -0.15) is 0 Å². The number of likely N-dealkylation sites (tertiary alicyclic amines) is 1. The molecule has 1 fully saturated rings. The van der Waals surface area contributed by atoms with Crippen molar-refractivity contribution in [3.8, 4) is 0 Å². The van der Waals surface area contributed by atoms with Gasteiger partial charge in [-0.05, 0) is 30.6 Å². The van der Waals surface area contributed by atoms with Crippen molar-refractivity contribution < 1.29 is 9.22 Å². The average Bonchev–Trinajstić information content (AvgIpc) is 2.66. The van der Waals surface area contributed by atoms with Gasteiger partial charge in [0.15, 0.2) is 8.32 Å². The largest absolute Gasteiger partial charge is 0.405 e. The summed E-state index contributed by atoms with van der Waals surface area (Å²) in [6, 6.07) is 10.4. The second-order valence-electron chi connectivity index (χ2n) is 7.90. The fourth-order valence-corrected chi connectivity index (χ4v) is 3.85. The number of carbonyl (C=O) groups excluding carboxylic acids is 1. The van der Waals surface area contributed by atoms with E-state index in [1.165, 1.54) is 5.56 Å². The molecule has 0 aromatic heterocycles. The van der Waals surface area contributed by atoms with E-state index in [9.17, 15) is 4.79 Å². The number of benzene rings is 1. The number of hydrogen-bond donors (Lipinski definition) is 0. The van der Waals surface area contributed by atoms with Gasteiger partial charge in [-0.15, -0.1) is 0 Å². The highest BCUT2D eigenvalue weighted by Crippen LogP contribution is 2.39. The summed E-state index contributed by atoms with van der Waals surface area (Å²) in [5.41, 5.74) is 1.18. The molecular formula is C18H29NO2Si. The first-order valence-corrected chi connectivity index (χ1v) is 11.0. The first-order valence-electron chi connectivity index (χ1n) is 8.14. The smallest absolute Gasteiger partial charge is 0.251 e. The summed E-state index contributed by atoms with van der Waals surface area (Å²) in [6.07, 6.45) is 0.539. The summed E-state index contributed by atoms with van der Waals surface area (Å²) in [4.78, 5) is 14.7. The van der Waals surface area contributed by atoms with E-state index in [-0.39, 0.29) is 23.1 Å². The minimum Gasteiger partial charge on any atom is -0.405 e. The van der Waals surface area contributed by atoms with E-state index in [0.717, 1.165) is 6.42 Å². The third-order valence-corrected chi connectivity index (χ3v) is 9.57. The lowest BCUT2D eigenvalue weighted by Crippen LogP contribution is -2.46. The summed E-state index contributed by atoms with van der Waals surface area (Å²) in [6.45, 7) is 13.9. The van der Waals surface area contributed by atoms with Gasteiger partial charge in [-0.25, -0.2) is 0 Å². The highest BCUT2D eigenvalue weighted by Gasteiger charge is 2.45. The molecule has 3 nitrogen and oxygen atoms in total. The molecule has 0 saturated carbocycles. The zero-order valence-corrected chi connectivity index (χ0v) is 15.7. The van der Waals surface area contributed by atoms with Gasteiger partial charge in [0.05, 0.1) is 0 Å². The van der Waals surface area contributed by atoms with Crippen molar-refractivity contribution in [3.05, 3.63) is 35.9 Å². The van der Waals surface area contributed by atoms with E-state index < -0.39 is 8.32 Å². The summed E-state index contributed by atoms with van der Waals surface area (Å²) in [5, 5.41) is 0.128. The molecule has 0 unspecified atom stereocenters. The van der Waals surface area contributed by atoms with Gasteiger partial charge in [-0.3, -0.25) is 4.79 Å². The fourth-order valence-electron chi connectivity index (χ4n) is 2.58. The van der Waals surface area contributed by atoms with Crippen LogP contribution in [0.4, 0.5) is 0 Å². The Labute approximate surface area is 135 Å². The van der Waals surface area contributed by atoms with Crippen LogP contribution in [0.1, 0.15) is 39.7 Å². The molecule has 0 N–H and O–H groups in total. The number of carbonyl (C=O) groups is 1. The van der Waals surface area contributed by atoms with Crippen LogP contribution in [0.15, 0.2) is 30.3 Å². The molecule has 2 rings (SSSR count). The van der Waals surface area contributed by atoms with Gasteiger partial charge in [0, 0.05) is 19.0 Å². The molecule has 1 aliphatic heterocycles. The summed E-state index contributed by atoms with van der Waals surface area (Å²) >= 11 is 0. The third-order valence-electron chi connectivity index (χ3n) is 5.08. The van der Waals surface area contributed by atoms with Crippen LogP contribution in [0.5, 0.6) is 0 Å². The van der Waals surface area contributed by atoms with Crippen molar-refractivity contribution in [2.24, 2.45) is 0 Å². The molecule has 2 atom stereocenters. The molecule has 1 aromatic rings. The van der Waals surface area contributed by atoms with Crippen molar-refractivity contribution in [2.75, 3.05) is 0 Å². The Morgan fingerprint density at radius 1 is 1.23 bits per heavy atom. The molecule has 1 heterocycles. The van der Waals surface area contributed by atoms with Crippen LogP contribution in [0.25, 0.3) is 0 Å². The van der Waals surface area contributed by atoms with Crippen LogP contribution in [-0.4, -0.2) is 31.3 Å². The molecule has 22 heavy (non-hydrogen) atoms. The Balaban J connectivity index is 2.07. The molecule has 0 radical (unpaired) electrons. The van der Waals surface area contributed by atoms with E-state index in [0.29, 0.717) is 6.54 Å². The lowest BCUT2D eigenvalue weighted by molar-refractivity contribution is -0.135. The van der Waals surface area contributed by atoms with Crippen LogP contribution in [0, 0.1) is 0 Å². The lowest BCUT2D eigenvalue weighted by Gasteiger charge is -2.37. The molecule has 0 spiro atoms. The predicted octanol–water partition coefficient (Wildman–Crippen LogP) is 4.20. The third kappa shape index (κ3) is 3.61. The van der Waals surface area contributed by atoms with Crippen LogP contribution in [-0.2, 0) is 15.8 Å². The number of nitrogens with zero attached hydrogens (tertiary/aromatic N) is 1. The first-order chi connectivity index (χ1) is 10.1. The van der Waals surface area contributed by atoms with Crippen LogP contribution >= 0.6 is 0 Å². The first kappa shape index (κ1) is 17.2. The van der Waals surface area contributed by atoms with Crippen molar-refractivity contribution in [1.29, 1.82) is 0 Å².